The Balaban J connectivity index is 0.00000132. The van der Waals surface area contributed by atoms with Crippen LogP contribution in [-0.2, 0) is 13.0 Å². The first kappa shape index (κ1) is 22.8. The first-order chi connectivity index (χ1) is 15.0. The molecule has 31 heavy (non-hydrogen) atoms. The lowest BCUT2D eigenvalue weighted by molar-refractivity contribution is 0.112. The second-order valence-electron chi connectivity index (χ2n) is 7.37. The molecule has 3 nitrogen and oxygen atoms in total. The van der Waals surface area contributed by atoms with Gasteiger partial charge in [-0.1, -0.05) is 67.9 Å². The smallest absolute Gasteiger partial charge is 0.150 e. The second-order valence-corrected chi connectivity index (χ2v) is 7.81. The van der Waals surface area contributed by atoms with Crippen molar-refractivity contribution in [2.24, 2.45) is 0 Å². The van der Waals surface area contributed by atoms with E-state index in [-0.39, 0.29) is 0 Å². The Labute approximate surface area is 189 Å². The Bertz CT molecular complexity index is 1060. The number of aliphatic hydroxyl groups excluding tert-OH is 1. The Kier molecular flexibility index (Phi) is 7.67. The number of aliphatic hydroxyl groups is 1. The minimum absolute atomic E-state index is 0.422. The highest BCUT2D eigenvalue weighted by Crippen LogP contribution is 2.38. The molecule has 1 aliphatic rings. The minimum atomic E-state index is -0.616. The zero-order valence-corrected chi connectivity index (χ0v) is 18.8. The SMILES string of the molecule is CC.Cc1cc(Cl)cc(/C=C2\Cc3cc(OCc4ccc(C=O)cc4)ccc3C2O)c1. The van der Waals surface area contributed by atoms with Crippen LogP contribution in [0.3, 0.4) is 0 Å². The first-order valence-corrected chi connectivity index (χ1v) is 10.8. The van der Waals surface area contributed by atoms with Gasteiger partial charge >= 0.3 is 0 Å². The van der Waals surface area contributed by atoms with Crippen LogP contribution in [0.2, 0.25) is 5.02 Å². The molecule has 0 fully saturated rings. The fraction of sp³-hybridized carbons (Fsp3) is 0.222. The van der Waals surface area contributed by atoms with Crippen molar-refractivity contribution in [2.75, 3.05) is 0 Å². The summed E-state index contributed by atoms with van der Waals surface area (Å²) in [4.78, 5) is 10.7. The molecule has 1 unspecified atom stereocenters. The average molecular weight is 435 g/mol. The number of halogens is 1. The highest BCUT2D eigenvalue weighted by molar-refractivity contribution is 6.30. The van der Waals surface area contributed by atoms with Crippen LogP contribution < -0.4 is 4.74 Å². The van der Waals surface area contributed by atoms with Crippen LogP contribution in [-0.4, -0.2) is 11.4 Å². The van der Waals surface area contributed by atoms with Crippen LogP contribution >= 0.6 is 11.6 Å². The normalized spacial score (nSPS) is 15.8. The van der Waals surface area contributed by atoms with Gasteiger partial charge < -0.3 is 9.84 Å². The maximum atomic E-state index is 10.7. The van der Waals surface area contributed by atoms with Gasteiger partial charge in [-0.15, -0.1) is 0 Å². The van der Waals surface area contributed by atoms with Crippen molar-refractivity contribution < 1.29 is 14.6 Å². The summed E-state index contributed by atoms with van der Waals surface area (Å²) in [5, 5.41) is 11.4. The topological polar surface area (TPSA) is 46.5 Å². The van der Waals surface area contributed by atoms with Gasteiger partial charge in [0.15, 0.2) is 0 Å². The number of hydrogen-bond acceptors (Lipinski definition) is 3. The summed E-state index contributed by atoms with van der Waals surface area (Å²) in [6, 6.07) is 19.0. The Hall–Kier alpha value is -2.88. The van der Waals surface area contributed by atoms with E-state index in [2.05, 4.69) is 6.07 Å². The zero-order valence-electron chi connectivity index (χ0n) is 18.1. The Morgan fingerprint density at radius 3 is 2.45 bits per heavy atom. The molecule has 0 radical (unpaired) electrons. The second kappa shape index (κ2) is 10.4. The highest BCUT2D eigenvalue weighted by Gasteiger charge is 2.25. The van der Waals surface area contributed by atoms with Gasteiger partial charge in [0, 0.05) is 10.6 Å². The molecule has 0 aliphatic heterocycles. The van der Waals surface area contributed by atoms with Crippen LogP contribution in [0.15, 0.2) is 66.2 Å². The molecule has 1 atom stereocenters. The lowest BCUT2D eigenvalue weighted by atomic mass is 10.0. The molecule has 160 valence electrons. The van der Waals surface area contributed by atoms with E-state index in [0.717, 1.165) is 45.4 Å². The summed E-state index contributed by atoms with van der Waals surface area (Å²) in [7, 11) is 0. The molecule has 0 bridgehead atoms. The van der Waals surface area contributed by atoms with Gasteiger partial charge in [0.25, 0.3) is 0 Å². The summed E-state index contributed by atoms with van der Waals surface area (Å²) >= 11 is 6.16. The molecule has 0 amide bonds. The van der Waals surface area contributed by atoms with E-state index in [1.165, 1.54) is 0 Å². The molecule has 3 aromatic carbocycles. The monoisotopic (exact) mass is 434 g/mol. The summed E-state index contributed by atoms with van der Waals surface area (Å²) < 4.78 is 5.90. The van der Waals surface area contributed by atoms with Gasteiger partial charge in [-0.2, -0.15) is 0 Å². The van der Waals surface area contributed by atoms with Gasteiger partial charge in [-0.05, 0) is 71.0 Å². The number of benzene rings is 3. The third-order valence-electron chi connectivity index (χ3n) is 5.09. The summed E-state index contributed by atoms with van der Waals surface area (Å²) in [5.41, 5.74) is 6.65. The number of fused-ring (bicyclic) bond motifs is 1. The molecule has 0 saturated carbocycles. The third kappa shape index (κ3) is 5.63. The number of carbonyl (C=O) groups is 1. The van der Waals surface area contributed by atoms with Crippen LogP contribution in [0.1, 0.15) is 58.1 Å². The highest BCUT2D eigenvalue weighted by atomic mass is 35.5. The fourth-order valence-corrected chi connectivity index (χ4v) is 3.96. The van der Waals surface area contributed by atoms with E-state index in [4.69, 9.17) is 16.3 Å². The van der Waals surface area contributed by atoms with Crippen molar-refractivity contribution in [1.29, 1.82) is 0 Å². The number of rotatable bonds is 5. The third-order valence-corrected chi connectivity index (χ3v) is 5.31. The van der Waals surface area contributed by atoms with Gasteiger partial charge in [0.05, 0.1) is 0 Å². The lowest BCUT2D eigenvalue weighted by Gasteiger charge is -2.09. The summed E-state index contributed by atoms with van der Waals surface area (Å²) in [5.74, 6) is 0.760. The lowest BCUT2D eigenvalue weighted by Crippen LogP contribution is -1.97. The first-order valence-electron chi connectivity index (χ1n) is 10.5. The predicted octanol–water partition coefficient (Wildman–Crippen LogP) is 6.74. The molecule has 1 N–H and O–H groups in total. The van der Waals surface area contributed by atoms with Gasteiger partial charge in [0.1, 0.15) is 24.7 Å². The number of hydrogen-bond donors (Lipinski definition) is 1. The summed E-state index contributed by atoms with van der Waals surface area (Å²) in [6.07, 6.45) is 2.90. The minimum Gasteiger partial charge on any atom is -0.489 e. The maximum Gasteiger partial charge on any atom is 0.150 e. The molecule has 4 heteroatoms. The largest absolute Gasteiger partial charge is 0.489 e. The van der Waals surface area contributed by atoms with E-state index in [1.807, 2.05) is 69.3 Å². The maximum absolute atomic E-state index is 10.7. The Morgan fingerprint density at radius 1 is 1.03 bits per heavy atom. The molecule has 0 aromatic heterocycles. The number of aryl methyl sites for hydroxylation is 1. The number of ether oxygens (including phenoxy) is 1. The van der Waals surface area contributed by atoms with E-state index in [9.17, 15) is 9.90 Å². The Morgan fingerprint density at radius 2 is 1.77 bits per heavy atom. The zero-order chi connectivity index (χ0) is 22.4. The average Bonchev–Trinajstić information content (AvgIpc) is 3.08. The molecular weight excluding hydrogens is 408 g/mol. The molecule has 0 saturated heterocycles. The van der Waals surface area contributed by atoms with E-state index >= 15 is 0 Å². The van der Waals surface area contributed by atoms with Crippen molar-refractivity contribution >= 4 is 24.0 Å². The van der Waals surface area contributed by atoms with Crippen molar-refractivity contribution in [1.82, 2.24) is 0 Å². The number of aldehydes is 1. The van der Waals surface area contributed by atoms with E-state index < -0.39 is 6.10 Å². The predicted molar refractivity (Wildman–Crippen MR) is 127 cm³/mol. The van der Waals surface area contributed by atoms with Gasteiger partial charge in [-0.25, -0.2) is 0 Å². The van der Waals surface area contributed by atoms with Crippen LogP contribution in [0.4, 0.5) is 0 Å². The quantitative estimate of drug-likeness (QED) is 0.452. The van der Waals surface area contributed by atoms with Crippen LogP contribution in [0.5, 0.6) is 5.75 Å². The molecule has 0 spiro atoms. The van der Waals surface area contributed by atoms with Crippen molar-refractivity contribution in [2.45, 2.75) is 39.9 Å². The van der Waals surface area contributed by atoms with Gasteiger partial charge in [0.2, 0.25) is 0 Å². The molecule has 4 rings (SSSR count). The standard InChI is InChI=1S/C25H21ClO3.C2H6/c1-16-8-19(11-22(26)9-16)10-21-12-20-13-23(6-7-24(20)25(21)28)29-15-18-4-2-17(14-27)3-5-18;1-2/h2-11,13-14,25,28H,12,15H2,1H3;1-2H3/b21-10+;. The molecular formula is C27H27ClO3. The molecule has 0 heterocycles. The molecule has 1 aliphatic carbocycles. The summed E-state index contributed by atoms with van der Waals surface area (Å²) in [6.45, 7) is 6.43. The van der Waals surface area contributed by atoms with Crippen LogP contribution in [0.25, 0.3) is 6.08 Å². The van der Waals surface area contributed by atoms with Crippen molar-refractivity contribution in [3.05, 3.63) is 105 Å². The van der Waals surface area contributed by atoms with Crippen molar-refractivity contribution in [3.63, 3.8) is 0 Å². The van der Waals surface area contributed by atoms with E-state index in [0.29, 0.717) is 23.6 Å². The van der Waals surface area contributed by atoms with Gasteiger partial charge in [-0.3, -0.25) is 4.79 Å². The number of carbonyl (C=O) groups excluding carboxylic acids is 1. The molecule has 3 aromatic rings. The van der Waals surface area contributed by atoms with E-state index in [1.54, 1.807) is 12.1 Å². The fourth-order valence-electron chi connectivity index (χ4n) is 3.66. The van der Waals surface area contributed by atoms with Crippen LogP contribution in [0, 0.1) is 6.92 Å². The van der Waals surface area contributed by atoms with Crippen molar-refractivity contribution in [3.8, 4) is 5.75 Å².